The smallest absolute Gasteiger partial charge is 0.306 e. The van der Waals surface area contributed by atoms with Crippen molar-refractivity contribution in [1.29, 1.82) is 0 Å². The second-order valence-electron chi connectivity index (χ2n) is 4.64. The monoisotopic (exact) mass is 333 g/mol. The first-order valence-corrected chi connectivity index (χ1v) is 7.21. The molecule has 0 atom stereocenters. The van der Waals surface area contributed by atoms with Crippen LogP contribution in [-0.2, 0) is 22.6 Å². The molecule has 0 unspecified atom stereocenters. The Morgan fingerprint density at radius 3 is 2.96 bits per heavy atom. The summed E-state index contributed by atoms with van der Waals surface area (Å²) in [5.74, 6) is 0.850. The molecule has 0 aliphatic rings. The first-order chi connectivity index (χ1) is 11.2. The third-order valence-electron chi connectivity index (χ3n) is 2.94. The molecule has 0 saturated heterocycles. The molecule has 3 aromatic heterocycles. The highest BCUT2D eigenvalue weighted by Gasteiger charge is 2.13. The van der Waals surface area contributed by atoms with Crippen LogP contribution in [0.1, 0.15) is 17.9 Å². The Morgan fingerprint density at radius 1 is 1.30 bits per heavy atom. The molecule has 3 rings (SSSR count). The molecule has 7 nitrogen and oxygen atoms in total. The zero-order valence-corrected chi connectivity index (χ0v) is 12.7. The van der Waals surface area contributed by atoms with Crippen LogP contribution < -0.4 is 0 Å². The normalized spacial score (nSPS) is 10.7. The van der Waals surface area contributed by atoms with E-state index in [0.717, 1.165) is 5.56 Å². The van der Waals surface area contributed by atoms with Crippen molar-refractivity contribution in [2.45, 2.75) is 19.4 Å². The molecule has 0 spiro atoms. The molecule has 0 aliphatic heterocycles. The number of hydrogen-bond donors (Lipinski definition) is 0. The Hall–Kier alpha value is -2.67. The van der Waals surface area contributed by atoms with Crippen LogP contribution in [0, 0.1) is 0 Å². The number of furan rings is 1. The Kier molecular flexibility index (Phi) is 4.68. The van der Waals surface area contributed by atoms with Gasteiger partial charge in [0.05, 0.1) is 12.7 Å². The lowest BCUT2D eigenvalue weighted by Gasteiger charge is -2.03. The number of carbonyl (C=O) groups is 1. The van der Waals surface area contributed by atoms with Crippen molar-refractivity contribution in [3.63, 3.8) is 0 Å². The molecular weight excluding hydrogens is 322 g/mol. The second kappa shape index (κ2) is 7.06. The predicted molar refractivity (Wildman–Crippen MR) is 79.4 cm³/mol. The Bertz CT molecular complexity index is 768. The first-order valence-electron chi connectivity index (χ1n) is 6.83. The summed E-state index contributed by atoms with van der Waals surface area (Å²) in [6, 6.07) is 6.84. The molecule has 0 aliphatic carbocycles. The largest absolute Gasteiger partial charge is 0.461 e. The van der Waals surface area contributed by atoms with Crippen LogP contribution in [0.3, 0.4) is 0 Å². The maximum Gasteiger partial charge on any atom is 0.306 e. The van der Waals surface area contributed by atoms with E-state index in [2.05, 4.69) is 15.1 Å². The van der Waals surface area contributed by atoms with E-state index in [9.17, 15) is 4.79 Å². The van der Waals surface area contributed by atoms with E-state index in [1.165, 1.54) is 6.26 Å². The molecule has 0 bridgehead atoms. The van der Waals surface area contributed by atoms with Gasteiger partial charge in [-0.25, -0.2) is 4.98 Å². The van der Waals surface area contributed by atoms with E-state index >= 15 is 0 Å². The number of rotatable bonds is 6. The number of aryl methyl sites for hydroxylation is 1. The highest BCUT2D eigenvalue weighted by molar-refractivity contribution is 6.29. The molecular formula is C15H12ClN3O4. The molecule has 8 heteroatoms. The zero-order chi connectivity index (χ0) is 16.1. The van der Waals surface area contributed by atoms with Crippen LogP contribution in [-0.4, -0.2) is 21.1 Å². The van der Waals surface area contributed by atoms with Crippen molar-refractivity contribution in [3.05, 3.63) is 53.3 Å². The van der Waals surface area contributed by atoms with Crippen LogP contribution in [0.2, 0.25) is 5.15 Å². The van der Waals surface area contributed by atoms with Crippen molar-refractivity contribution in [3.8, 4) is 11.6 Å². The standard InChI is InChI=1S/C15H12ClN3O4/c16-12-4-3-10(8-17-12)9-22-14(20)6-5-13-18-15(19-23-13)11-2-1-7-21-11/h1-4,7-8H,5-6,9H2. The number of carbonyl (C=O) groups excluding carboxylic acids is 1. The maximum atomic E-state index is 11.7. The van der Waals surface area contributed by atoms with Gasteiger partial charge in [-0.2, -0.15) is 4.98 Å². The van der Waals surface area contributed by atoms with Crippen LogP contribution in [0.4, 0.5) is 0 Å². The molecule has 3 heterocycles. The van der Waals surface area contributed by atoms with E-state index < -0.39 is 0 Å². The lowest BCUT2D eigenvalue weighted by Crippen LogP contribution is -2.06. The van der Waals surface area contributed by atoms with Gasteiger partial charge in [0.1, 0.15) is 11.8 Å². The van der Waals surface area contributed by atoms with Gasteiger partial charge in [-0.15, -0.1) is 0 Å². The number of aromatic nitrogens is 3. The summed E-state index contributed by atoms with van der Waals surface area (Å²) in [5, 5.41) is 4.18. The fourth-order valence-electron chi connectivity index (χ4n) is 1.80. The van der Waals surface area contributed by atoms with Crippen LogP contribution >= 0.6 is 11.6 Å². The summed E-state index contributed by atoms with van der Waals surface area (Å²) in [6.45, 7) is 0.143. The molecule has 118 valence electrons. The number of nitrogens with zero attached hydrogens (tertiary/aromatic N) is 3. The van der Waals surface area contributed by atoms with E-state index in [1.807, 2.05) is 0 Å². The summed E-state index contributed by atoms with van der Waals surface area (Å²) in [5.41, 5.74) is 0.764. The summed E-state index contributed by atoms with van der Waals surface area (Å²) in [6.07, 6.45) is 3.52. The molecule has 0 radical (unpaired) electrons. The van der Waals surface area contributed by atoms with E-state index in [-0.39, 0.29) is 19.0 Å². The summed E-state index contributed by atoms with van der Waals surface area (Å²) in [7, 11) is 0. The van der Waals surface area contributed by atoms with Gasteiger partial charge in [-0.05, 0) is 18.2 Å². The van der Waals surface area contributed by atoms with Gasteiger partial charge in [-0.3, -0.25) is 4.79 Å². The third kappa shape index (κ3) is 4.17. The lowest BCUT2D eigenvalue weighted by atomic mass is 10.3. The van der Waals surface area contributed by atoms with Crippen molar-refractivity contribution < 1.29 is 18.5 Å². The summed E-state index contributed by atoms with van der Waals surface area (Å²) < 4.78 is 15.4. The highest BCUT2D eigenvalue weighted by atomic mass is 35.5. The number of hydrogen-bond acceptors (Lipinski definition) is 7. The fourth-order valence-corrected chi connectivity index (χ4v) is 1.91. The summed E-state index contributed by atoms with van der Waals surface area (Å²) >= 11 is 5.68. The number of pyridine rings is 1. The molecule has 23 heavy (non-hydrogen) atoms. The summed E-state index contributed by atoms with van der Waals surface area (Å²) in [4.78, 5) is 19.8. The minimum Gasteiger partial charge on any atom is -0.461 e. The van der Waals surface area contributed by atoms with Gasteiger partial charge >= 0.3 is 5.97 Å². The second-order valence-corrected chi connectivity index (χ2v) is 5.03. The number of esters is 1. The van der Waals surface area contributed by atoms with Crippen molar-refractivity contribution in [1.82, 2.24) is 15.1 Å². The number of halogens is 1. The van der Waals surface area contributed by atoms with Crippen LogP contribution in [0.5, 0.6) is 0 Å². The predicted octanol–water partition coefficient (Wildman–Crippen LogP) is 3.05. The van der Waals surface area contributed by atoms with E-state index in [4.69, 9.17) is 25.3 Å². The van der Waals surface area contributed by atoms with Crippen molar-refractivity contribution >= 4 is 17.6 Å². The van der Waals surface area contributed by atoms with E-state index in [0.29, 0.717) is 29.0 Å². The molecule has 0 aromatic carbocycles. The Morgan fingerprint density at radius 2 is 2.22 bits per heavy atom. The SMILES string of the molecule is O=C(CCc1nc(-c2ccco2)no1)OCc1ccc(Cl)nc1. The minimum absolute atomic E-state index is 0.140. The quantitative estimate of drug-likeness (QED) is 0.505. The third-order valence-corrected chi connectivity index (χ3v) is 3.16. The topological polar surface area (TPSA) is 91.2 Å². The van der Waals surface area contributed by atoms with Gasteiger partial charge in [0.2, 0.25) is 11.7 Å². The van der Waals surface area contributed by atoms with Gasteiger partial charge in [-0.1, -0.05) is 22.8 Å². The van der Waals surface area contributed by atoms with Crippen molar-refractivity contribution in [2.75, 3.05) is 0 Å². The lowest BCUT2D eigenvalue weighted by molar-refractivity contribution is -0.145. The minimum atomic E-state index is -0.363. The average molecular weight is 334 g/mol. The van der Waals surface area contributed by atoms with E-state index in [1.54, 1.807) is 30.5 Å². The maximum absolute atomic E-state index is 11.7. The molecule has 0 N–H and O–H groups in total. The Labute approximate surface area is 136 Å². The van der Waals surface area contributed by atoms with Gasteiger partial charge in [0, 0.05) is 18.2 Å². The van der Waals surface area contributed by atoms with Gasteiger partial charge < -0.3 is 13.7 Å². The molecule has 0 fully saturated rings. The van der Waals surface area contributed by atoms with Crippen molar-refractivity contribution in [2.24, 2.45) is 0 Å². The molecule has 0 saturated carbocycles. The zero-order valence-electron chi connectivity index (χ0n) is 11.9. The highest BCUT2D eigenvalue weighted by Crippen LogP contribution is 2.16. The van der Waals surface area contributed by atoms with Gasteiger partial charge in [0.15, 0.2) is 5.76 Å². The number of ether oxygens (including phenoxy) is 1. The fraction of sp³-hybridized carbons (Fsp3) is 0.200. The van der Waals surface area contributed by atoms with Crippen LogP contribution in [0.25, 0.3) is 11.6 Å². The van der Waals surface area contributed by atoms with Crippen LogP contribution in [0.15, 0.2) is 45.7 Å². The molecule has 0 amide bonds. The first kappa shape index (κ1) is 15.2. The average Bonchev–Trinajstić information content (AvgIpc) is 3.23. The molecule has 3 aromatic rings. The Balaban J connectivity index is 1.46. The van der Waals surface area contributed by atoms with Gasteiger partial charge in [0.25, 0.3) is 0 Å².